The minimum absolute atomic E-state index is 0.147. The molecule has 3 aromatic rings. The van der Waals surface area contributed by atoms with E-state index in [0.717, 1.165) is 23.1 Å². The molecule has 0 fully saturated rings. The Labute approximate surface area is 149 Å². The molecule has 0 aliphatic heterocycles. The van der Waals surface area contributed by atoms with Crippen molar-refractivity contribution in [2.24, 2.45) is 0 Å². The van der Waals surface area contributed by atoms with Gasteiger partial charge in [-0.2, -0.15) is 4.72 Å². The summed E-state index contributed by atoms with van der Waals surface area (Å²) in [6, 6.07) is 14.7. The Morgan fingerprint density at radius 1 is 1.20 bits per heavy atom. The van der Waals surface area contributed by atoms with Crippen LogP contribution in [0.25, 0.3) is 11.0 Å². The molecule has 6 heteroatoms. The fraction of sp³-hybridized carbons (Fsp3) is 0.211. The van der Waals surface area contributed by atoms with Crippen molar-refractivity contribution in [1.82, 2.24) is 4.72 Å². The highest BCUT2D eigenvalue weighted by Crippen LogP contribution is 2.25. The lowest BCUT2D eigenvalue weighted by Crippen LogP contribution is -2.30. The predicted molar refractivity (Wildman–Crippen MR) is 100 cm³/mol. The van der Waals surface area contributed by atoms with Crippen molar-refractivity contribution in [2.75, 3.05) is 19.0 Å². The van der Waals surface area contributed by atoms with Crippen LogP contribution in [0.2, 0.25) is 0 Å². The topological polar surface area (TPSA) is 68.5 Å². The molecule has 1 unspecified atom stereocenters. The molecule has 1 aromatic heterocycles. The first kappa shape index (κ1) is 17.4. The molecule has 1 atom stereocenters. The number of furan rings is 1. The first-order valence-electron chi connectivity index (χ1n) is 8.01. The number of aryl methyl sites for hydroxylation is 1. The number of hydrogen-bond donors (Lipinski definition) is 1. The molecular weight excluding hydrogens is 336 g/mol. The lowest BCUT2D eigenvalue weighted by atomic mass is 10.2. The van der Waals surface area contributed by atoms with Crippen LogP contribution in [-0.2, 0) is 17.8 Å². The highest BCUT2D eigenvalue weighted by Gasteiger charge is 2.22. The normalized spacial score (nSPS) is 12.2. The second-order valence-corrected chi connectivity index (χ2v) is 7.07. The molecule has 0 saturated heterocycles. The minimum Gasteiger partial charge on any atom is -0.588 e. The summed E-state index contributed by atoms with van der Waals surface area (Å²) < 4.78 is 20.7. The van der Waals surface area contributed by atoms with Gasteiger partial charge in [-0.05, 0) is 30.7 Å². The Balaban J connectivity index is 1.82. The number of fused-ring (bicyclic) bond motifs is 1. The van der Waals surface area contributed by atoms with Gasteiger partial charge in [0.1, 0.15) is 16.9 Å². The molecule has 1 N–H and O–H groups in total. The number of amides is 1. The summed E-state index contributed by atoms with van der Waals surface area (Å²) in [7, 11) is 3.87. The van der Waals surface area contributed by atoms with Crippen LogP contribution in [0.5, 0.6) is 0 Å². The Morgan fingerprint density at radius 2 is 1.96 bits per heavy atom. The standard InChI is InChI=1S/C19H20N2O3S/c1-4-13-7-5-6-8-18(13)25(23)20-19(22)17-11-14-9-10-15(21(2)3)12-16(14)24-17/h5-12H,4H2,1-3H3,(H,20,22). The molecule has 0 aliphatic carbocycles. The Hall–Kier alpha value is -2.44. The molecule has 0 bridgehead atoms. The Morgan fingerprint density at radius 3 is 2.68 bits per heavy atom. The van der Waals surface area contributed by atoms with Crippen molar-refractivity contribution < 1.29 is 13.8 Å². The van der Waals surface area contributed by atoms with Crippen molar-refractivity contribution >= 4 is 33.9 Å². The third-order valence-corrected chi connectivity index (χ3v) is 5.15. The zero-order valence-electron chi connectivity index (χ0n) is 14.4. The highest BCUT2D eigenvalue weighted by molar-refractivity contribution is 7.90. The van der Waals surface area contributed by atoms with Crippen LogP contribution in [0, 0.1) is 0 Å². The monoisotopic (exact) mass is 356 g/mol. The van der Waals surface area contributed by atoms with E-state index in [1.54, 1.807) is 12.1 Å². The van der Waals surface area contributed by atoms with Crippen LogP contribution in [0.3, 0.4) is 0 Å². The summed E-state index contributed by atoms with van der Waals surface area (Å²) in [4.78, 5) is 15.0. The molecule has 25 heavy (non-hydrogen) atoms. The van der Waals surface area contributed by atoms with Crippen LogP contribution >= 0.6 is 0 Å². The number of carbonyl (C=O) groups is 1. The maximum atomic E-state index is 12.5. The quantitative estimate of drug-likeness (QED) is 0.710. The lowest BCUT2D eigenvalue weighted by molar-refractivity contribution is 0.0956. The number of carbonyl (C=O) groups excluding carboxylic acids is 1. The van der Waals surface area contributed by atoms with E-state index < -0.39 is 17.3 Å². The molecule has 0 radical (unpaired) electrons. The largest absolute Gasteiger partial charge is 0.588 e. The summed E-state index contributed by atoms with van der Waals surface area (Å²) in [5, 5.41) is 0.829. The van der Waals surface area contributed by atoms with Gasteiger partial charge >= 0.3 is 5.91 Å². The second-order valence-electron chi connectivity index (χ2n) is 5.89. The fourth-order valence-electron chi connectivity index (χ4n) is 2.58. The van der Waals surface area contributed by atoms with Gasteiger partial charge in [-0.25, -0.2) is 0 Å². The summed E-state index contributed by atoms with van der Waals surface area (Å²) in [6.07, 6.45) is 0.746. The molecule has 2 aromatic carbocycles. The van der Waals surface area contributed by atoms with Gasteiger partial charge in [0, 0.05) is 36.8 Å². The minimum atomic E-state index is -1.63. The van der Waals surface area contributed by atoms with Crippen LogP contribution < -0.4 is 9.62 Å². The van der Waals surface area contributed by atoms with Crippen molar-refractivity contribution in [3.63, 3.8) is 0 Å². The lowest BCUT2D eigenvalue weighted by Gasteiger charge is -2.12. The van der Waals surface area contributed by atoms with Gasteiger partial charge in [0.15, 0.2) is 10.7 Å². The van der Waals surface area contributed by atoms with Crippen LogP contribution in [0.4, 0.5) is 5.69 Å². The molecular formula is C19H20N2O3S. The number of rotatable bonds is 5. The molecule has 0 aliphatic rings. The van der Waals surface area contributed by atoms with E-state index >= 15 is 0 Å². The van der Waals surface area contributed by atoms with Gasteiger partial charge in [0.2, 0.25) is 0 Å². The maximum Gasteiger partial charge on any atom is 0.328 e. The maximum absolute atomic E-state index is 12.5. The van der Waals surface area contributed by atoms with Crippen molar-refractivity contribution in [2.45, 2.75) is 18.2 Å². The third-order valence-electron chi connectivity index (χ3n) is 3.98. The van der Waals surface area contributed by atoms with Gasteiger partial charge in [-0.15, -0.1) is 0 Å². The first-order valence-corrected chi connectivity index (χ1v) is 9.16. The Kier molecular flexibility index (Phi) is 5.01. The van der Waals surface area contributed by atoms with E-state index in [1.165, 1.54) is 0 Å². The summed E-state index contributed by atoms with van der Waals surface area (Å²) in [6.45, 7) is 1.99. The second kappa shape index (κ2) is 7.21. The number of hydrogen-bond acceptors (Lipinski definition) is 4. The van der Waals surface area contributed by atoms with E-state index in [1.807, 2.05) is 62.3 Å². The zero-order chi connectivity index (χ0) is 18.0. The van der Waals surface area contributed by atoms with Crippen molar-refractivity contribution in [3.8, 4) is 0 Å². The average molecular weight is 356 g/mol. The van der Waals surface area contributed by atoms with Crippen LogP contribution in [-0.4, -0.2) is 24.6 Å². The van der Waals surface area contributed by atoms with Gasteiger partial charge in [-0.1, -0.05) is 25.1 Å². The van der Waals surface area contributed by atoms with Gasteiger partial charge in [-0.3, -0.25) is 4.79 Å². The number of anilines is 1. The number of nitrogens with zero attached hydrogens (tertiary/aromatic N) is 1. The fourth-order valence-corrected chi connectivity index (χ4v) is 3.61. The summed E-state index contributed by atoms with van der Waals surface area (Å²) in [5.41, 5.74) is 2.55. The summed E-state index contributed by atoms with van der Waals surface area (Å²) in [5.74, 6) is -0.347. The van der Waals surface area contributed by atoms with Crippen LogP contribution in [0.15, 0.2) is 57.8 Å². The molecule has 1 heterocycles. The predicted octanol–water partition coefficient (Wildman–Crippen LogP) is 3.51. The Bertz CT molecular complexity index is 905. The van der Waals surface area contributed by atoms with Crippen LogP contribution in [0.1, 0.15) is 23.0 Å². The molecule has 130 valence electrons. The van der Waals surface area contributed by atoms with E-state index in [4.69, 9.17) is 4.42 Å². The molecule has 1 amide bonds. The van der Waals surface area contributed by atoms with Gasteiger partial charge < -0.3 is 13.9 Å². The van der Waals surface area contributed by atoms with Gasteiger partial charge in [0.05, 0.1) is 0 Å². The molecule has 0 saturated carbocycles. The smallest absolute Gasteiger partial charge is 0.328 e. The third kappa shape index (κ3) is 3.65. The average Bonchev–Trinajstić information content (AvgIpc) is 3.04. The first-order chi connectivity index (χ1) is 12.0. The van der Waals surface area contributed by atoms with Crippen molar-refractivity contribution in [1.29, 1.82) is 0 Å². The SMILES string of the molecule is CCc1ccccc1[S+]([O-])NC(=O)c1cc2ccc(N(C)C)cc2o1. The number of nitrogens with one attached hydrogen (secondary N) is 1. The highest BCUT2D eigenvalue weighted by atomic mass is 32.2. The summed E-state index contributed by atoms with van der Waals surface area (Å²) >= 11 is -1.63. The number of benzene rings is 2. The van der Waals surface area contributed by atoms with E-state index in [0.29, 0.717) is 10.5 Å². The van der Waals surface area contributed by atoms with Gasteiger partial charge in [0.25, 0.3) is 0 Å². The molecule has 5 nitrogen and oxygen atoms in total. The molecule has 3 rings (SSSR count). The zero-order valence-corrected chi connectivity index (χ0v) is 15.2. The van der Waals surface area contributed by atoms with E-state index in [-0.39, 0.29) is 5.76 Å². The van der Waals surface area contributed by atoms with E-state index in [9.17, 15) is 9.35 Å². The molecule has 0 spiro atoms. The van der Waals surface area contributed by atoms with E-state index in [2.05, 4.69) is 4.72 Å². The van der Waals surface area contributed by atoms with Crippen molar-refractivity contribution in [3.05, 3.63) is 59.9 Å².